The molecule has 5 nitrogen and oxygen atoms in total. The van der Waals surface area contributed by atoms with Crippen LogP contribution in [0.1, 0.15) is 19.8 Å². The molecule has 1 aliphatic heterocycles. The van der Waals surface area contributed by atoms with Crippen molar-refractivity contribution in [2.45, 2.75) is 26.3 Å². The average Bonchev–Trinajstić information content (AvgIpc) is 2.97. The van der Waals surface area contributed by atoms with Crippen molar-refractivity contribution in [1.29, 1.82) is 0 Å². The number of methoxy groups -OCH3 is 1. The third kappa shape index (κ3) is 2.86. The summed E-state index contributed by atoms with van der Waals surface area (Å²) in [6.07, 6.45) is 4.00. The molecule has 1 aliphatic rings. The maximum Gasteiger partial charge on any atom is 0.261 e. The SMILES string of the molecule is CCCN1CCC(Cn2cnc3c(OC)cccc3c2=O)C1. The van der Waals surface area contributed by atoms with Crippen LogP contribution in [0.2, 0.25) is 0 Å². The molecule has 1 atom stereocenters. The molecule has 1 saturated heterocycles. The molecule has 0 spiro atoms. The number of nitrogens with zero attached hydrogens (tertiary/aromatic N) is 3. The van der Waals surface area contributed by atoms with Crippen LogP contribution in [0, 0.1) is 5.92 Å². The van der Waals surface area contributed by atoms with E-state index in [-0.39, 0.29) is 5.56 Å². The minimum Gasteiger partial charge on any atom is -0.494 e. The molecule has 2 heterocycles. The smallest absolute Gasteiger partial charge is 0.261 e. The second-order valence-electron chi connectivity index (χ2n) is 6.01. The molecule has 1 unspecified atom stereocenters. The number of likely N-dealkylation sites (tertiary alicyclic amines) is 1. The normalized spacial score (nSPS) is 18.9. The van der Waals surface area contributed by atoms with Crippen molar-refractivity contribution in [1.82, 2.24) is 14.5 Å². The van der Waals surface area contributed by atoms with Gasteiger partial charge in [-0.3, -0.25) is 9.36 Å². The van der Waals surface area contributed by atoms with Crippen molar-refractivity contribution < 1.29 is 4.74 Å². The van der Waals surface area contributed by atoms with Crippen molar-refractivity contribution >= 4 is 10.9 Å². The highest BCUT2D eigenvalue weighted by atomic mass is 16.5. The summed E-state index contributed by atoms with van der Waals surface area (Å²) < 4.78 is 7.03. The molecule has 1 aromatic carbocycles. The molecule has 118 valence electrons. The van der Waals surface area contributed by atoms with E-state index < -0.39 is 0 Å². The number of ether oxygens (including phenoxy) is 1. The van der Waals surface area contributed by atoms with Crippen molar-refractivity contribution in [2.24, 2.45) is 5.92 Å². The summed E-state index contributed by atoms with van der Waals surface area (Å²) in [7, 11) is 1.60. The first kappa shape index (κ1) is 15.0. The summed E-state index contributed by atoms with van der Waals surface area (Å²) >= 11 is 0. The fourth-order valence-electron chi connectivity index (χ4n) is 3.32. The highest BCUT2D eigenvalue weighted by molar-refractivity contribution is 5.83. The number of rotatable bonds is 5. The van der Waals surface area contributed by atoms with Gasteiger partial charge in [0, 0.05) is 13.1 Å². The molecule has 3 rings (SSSR count). The molecule has 0 bridgehead atoms. The van der Waals surface area contributed by atoms with Gasteiger partial charge in [0.05, 0.1) is 18.8 Å². The van der Waals surface area contributed by atoms with Crippen molar-refractivity contribution in [3.8, 4) is 5.75 Å². The van der Waals surface area contributed by atoms with E-state index in [0.29, 0.717) is 22.6 Å². The minimum atomic E-state index is 0.0258. The van der Waals surface area contributed by atoms with Gasteiger partial charge in [-0.15, -0.1) is 0 Å². The van der Waals surface area contributed by atoms with Gasteiger partial charge in [0.15, 0.2) is 0 Å². The van der Waals surface area contributed by atoms with E-state index >= 15 is 0 Å². The van der Waals surface area contributed by atoms with E-state index in [1.54, 1.807) is 18.0 Å². The summed E-state index contributed by atoms with van der Waals surface area (Å²) in [5, 5.41) is 0.630. The lowest BCUT2D eigenvalue weighted by atomic mass is 10.1. The molecule has 1 fully saturated rings. The Balaban J connectivity index is 1.84. The zero-order chi connectivity index (χ0) is 15.5. The van der Waals surface area contributed by atoms with E-state index in [2.05, 4.69) is 16.8 Å². The third-order valence-electron chi connectivity index (χ3n) is 4.40. The van der Waals surface area contributed by atoms with E-state index in [9.17, 15) is 4.79 Å². The van der Waals surface area contributed by atoms with Gasteiger partial charge in [-0.2, -0.15) is 0 Å². The van der Waals surface area contributed by atoms with Crippen molar-refractivity contribution in [3.63, 3.8) is 0 Å². The Labute approximate surface area is 130 Å². The summed E-state index contributed by atoms with van der Waals surface area (Å²) in [4.78, 5) is 19.6. The van der Waals surface area contributed by atoms with E-state index in [1.807, 2.05) is 18.2 Å². The second kappa shape index (κ2) is 6.48. The average molecular weight is 301 g/mol. The van der Waals surface area contributed by atoms with Crippen LogP contribution in [0.25, 0.3) is 10.9 Å². The van der Waals surface area contributed by atoms with Gasteiger partial charge in [0.1, 0.15) is 11.3 Å². The van der Waals surface area contributed by atoms with Crippen LogP contribution in [-0.4, -0.2) is 41.2 Å². The fraction of sp³-hybridized carbons (Fsp3) is 0.529. The van der Waals surface area contributed by atoms with Gasteiger partial charge >= 0.3 is 0 Å². The Morgan fingerprint density at radius 2 is 2.27 bits per heavy atom. The summed E-state index contributed by atoms with van der Waals surface area (Å²) in [5.41, 5.74) is 0.670. The monoisotopic (exact) mass is 301 g/mol. The molecule has 0 aliphatic carbocycles. The molecule has 22 heavy (non-hydrogen) atoms. The van der Waals surface area contributed by atoms with Gasteiger partial charge in [0.25, 0.3) is 5.56 Å². The van der Waals surface area contributed by atoms with Crippen LogP contribution in [0.15, 0.2) is 29.3 Å². The number of benzene rings is 1. The van der Waals surface area contributed by atoms with Crippen LogP contribution in [-0.2, 0) is 6.54 Å². The van der Waals surface area contributed by atoms with Crippen LogP contribution < -0.4 is 10.3 Å². The Bertz CT molecular complexity index is 711. The Morgan fingerprint density at radius 1 is 1.41 bits per heavy atom. The lowest BCUT2D eigenvalue weighted by Gasteiger charge is -2.15. The molecule has 1 aromatic heterocycles. The largest absolute Gasteiger partial charge is 0.494 e. The zero-order valence-electron chi connectivity index (χ0n) is 13.3. The Kier molecular flexibility index (Phi) is 4.43. The first-order valence-electron chi connectivity index (χ1n) is 7.97. The summed E-state index contributed by atoms with van der Waals surface area (Å²) in [5.74, 6) is 1.19. The van der Waals surface area contributed by atoms with Gasteiger partial charge in [0.2, 0.25) is 0 Å². The molecule has 0 N–H and O–H groups in total. The van der Waals surface area contributed by atoms with E-state index in [0.717, 1.165) is 32.6 Å². The summed E-state index contributed by atoms with van der Waals surface area (Å²) in [6, 6.07) is 5.49. The van der Waals surface area contributed by atoms with Gasteiger partial charge in [-0.05, 0) is 44.0 Å². The van der Waals surface area contributed by atoms with Crippen molar-refractivity contribution in [2.75, 3.05) is 26.7 Å². The van der Waals surface area contributed by atoms with Gasteiger partial charge in [-0.25, -0.2) is 4.98 Å². The summed E-state index contributed by atoms with van der Waals surface area (Å²) in [6.45, 7) is 6.33. The molecule has 5 heteroatoms. The number of para-hydroxylation sites is 1. The van der Waals surface area contributed by atoms with E-state index in [1.165, 1.54) is 6.42 Å². The van der Waals surface area contributed by atoms with Crippen LogP contribution >= 0.6 is 0 Å². The van der Waals surface area contributed by atoms with Crippen LogP contribution in [0.5, 0.6) is 5.75 Å². The third-order valence-corrected chi connectivity index (χ3v) is 4.40. The standard InChI is InChI=1S/C17H23N3O2/c1-3-8-19-9-7-13(10-19)11-20-12-18-16-14(17(20)21)5-4-6-15(16)22-2/h4-6,12-13H,3,7-11H2,1-2H3. The minimum absolute atomic E-state index is 0.0258. The molecule has 0 saturated carbocycles. The molecule has 0 amide bonds. The topological polar surface area (TPSA) is 47.4 Å². The van der Waals surface area contributed by atoms with Gasteiger partial charge in [-0.1, -0.05) is 13.0 Å². The lowest BCUT2D eigenvalue weighted by molar-refractivity contribution is 0.316. The van der Waals surface area contributed by atoms with Crippen LogP contribution in [0.4, 0.5) is 0 Å². The molecule has 0 radical (unpaired) electrons. The maximum atomic E-state index is 12.6. The number of aromatic nitrogens is 2. The number of hydrogen-bond donors (Lipinski definition) is 0. The van der Waals surface area contributed by atoms with Crippen molar-refractivity contribution in [3.05, 3.63) is 34.9 Å². The Morgan fingerprint density at radius 3 is 3.05 bits per heavy atom. The molecule has 2 aromatic rings. The zero-order valence-corrected chi connectivity index (χ0v) is 13.3. The van der Waals surface area contributed by atoms with Gasteiger partial charge < -0.3 is 9.64 Å². The maximum absolute atomic E-state index is 12.6. The molecular weight excluding hydrogens is 278 g/mol. The van der Waals surface area contributed by atoms with Crippen LogP contribution in [0.3, 0.4) is 0 Å². The first-order valence-corrected chi connectivity index (χ1v) is 7.97. The second-order valence-corrected chi connectivity index (χ2v) is 6.01. The lowest BCUT2D eigenvalue weighted by Crippen LogP contribution is -2.27. The fourth-order valence-corrected chi connectivity index (χ4v) is 3.32. The number of hydrogen-bond acceptors (Lipinski definition) is 4. The first-order chi connectivity index (χ1) is 10.7. The number of fused-ring (bicyclic) bond motifs is 1. The highest BCUT2D eigenvalue weighted by Crippen LogP contribution is 2.21. The predicted octanol–water partition coefficient (Wildman–Crippen LogP) is 2.14. The quantitative estimate of drug-likeness (QED) is 0.849. The highest BCUT2D eigenvalue weighted by Gasteiger charge is 2.22. The predicted molar refractivity (Wildman–Crippen MR) is 87.4 cm³/mol. The molecular formula is C17H23N3O2. The Hall–Kier alpha value is -1.88. The van der Waals surface area contributed by atoms with E-state index in [4.69, 9.17) is 4.74 Å².